The van der Waals surface area contributed by atoms with Crippen LogP contribution < -0.4 is 4.74 Å². The van der Waals surface area contributed by atoms with Crippen LogP contribution in [0.4, 0.5) is 30.7 Å². The molecule has 0 atom stereocenters. The van der Waals surface area contributed by atoms with Crippen LogP contribution in [0.3, 0.4) is 0 Å². The van der Waals surface area contributed by atoms with Gasteiger partial charge in [0.1, 0.15) is 17.4 Å². The van der Waals surface area contributed by atoms with Crippen molar-refractivity contribution < 1.29 is 35.5 Å². The van der Waals surface area contributed by atoms with Crippen molar-refractivity contribution in [3.63, 3.8) is 0 Å². The van der Waals surface area contributed by atoms with E-state index < -0.39 is 46.2 Å². The van der Waals surface area contributed by atoms with Crippen LogP contribution in [0.2, 0.25) is 0 Å². The molecule has 0 aromatic heterocycles. The topological polar surface area (TPSA) is 9.23 Å². The number of hydrogen-bond acceptors (Lipinski definition) is 2. The Balaban J connectivity index is 3.16. The first-order chi connectivity index (χ1) is 7.69. The molecule has 0 amide bonds. The Bertz CT molecular complexity index is 404. The van der Waals surface area contributed by atoms with Crippen molar-refractivity contribution in [2.45, 2.75) is 17.0 Å². The lowest BCUT2D eigenvalue weighted by Crippen LogP contribution is -2.07. The minimum Gasteiger partial charge on any atom is -0.433 e. The predicted octanol–water partition coefficient (Wildman–Crippen LogP) is 4.18. The van der Waals surface area contributed by atoms with E-state index in [-0.39, 0.29) is 12.1 Å². The summed E-state index contributed by atoms with van der Waals surface area (Å²) < 4.78 is 88.9. The first-order valence-corrected chi connectivity index (χ1v) is 4.70. The molecular weight excluding hydrogens is 277 g/mol. The Morgan fingerprint density at radius 2 is 1.71 bits per heavy atom. The average molecular weight is 280 g/mol. The highest BCUT2D eigenvalue weighted by Gasteiger charge is 2.33. The van der Waals surface area contributed by atoms with Crippen LogP contribution in [-0.4, -0.2) is 12.1 Å². The molecule has 0 heterocycles. The van der Waals surface area contributed by atoms with E-state index in [1.807, 2.05) is 0 Å². The summed E-state index contributed by atoms with van der Waals surface area (Å²) in [6.07, 6.45) is 0. The number of ether oxygens (including phenoxy) is 1. The molecule has 0 spiro atoms. The predicted molar refractivity (Wildman–Crippen MR) is 44.9 cm³/mol. The Kier molecular flexibility index (Phi) is 4.12. The van der Waals surface area contributed by atoms with Crippen molar-refractivity contribution >= 4 is 11.8 Å². The Labute approximate surface area is 94.6 Å². The van der Waals surface area contributed by atoms with Crippen molar-refractivity contribution in [2.24, 2.45) is 0 Å². The van der Waals surface area contributed by atoms with E-state index in [2.05, 4.69) is 4.74 Å². The fraction of sp³-hybridized carbons (Fsp3) is 0.250. The van der Waals surface area contributed by atoms with Crippen molar-refractivity contribution in [1.29, 1.82) is 0 Å². The summed E-state index contributed by atoms with van der Waals surface area (Å²) in [5.74, 6) is -4.13. The van der Waals surface area contributed by atoms with Gasteiger partial charge >= 0.3 is 12.1 Å². The molecule has 0 aliphatic rings. The normalized spacial score (nSPS) is 12.0. The smallest absolute Gasteiger partial charge is 0.433 e. The summed E-state index contributed by atoms with van der Waals surface area (Å²) in [6, 6.07) is 0.399. The Hall–Kier alpha value is -1.12. The first-order valence-electron chi connectivity index (χ1n) is 3.88. The molecule has 0 aliphatic carbocycles. The molecule has 0 saturated heterocycles. The standard InChI is InChI=1S/C8H3F7OS/c9-3-1-4(10)6(17-8(13,14)15)5(2-3)16-7(11)12/h1-2,7H. The average Bonchev–Trinajstić information content (AvgIpc) is 2.08. The van der Waals surface area contributed by atoms with Gasteiger partial charge < -0.3 is 4.74 Å². The summed E-state index contributed by atoms with van der Waals surface area (Å²) in [5, 5.41) is 0. The maximum atomic E-state index is 13.0. The highest BCUT2D eigenvalue weighted by atomic mass is 32.2. The number of hydrogen-bond donors (Lipinski definition) is 0. The molecule has 0 radical (unpaired) electrons. The van der Waals surface area contributed by atoms with Crippen LogP contribution in [0.5, 0.6) is 5.75 Å². The van der Waals surface area contributed by atoms with E-state index in [0.29, 0.717) is 0 Å². The van der Waals surface area contributed by atoms with Crippen molar-refractivity contribution in [3.8, 4) is 5.75 Å². The molecule has 1 rings (SSSR count). The van der Waals surface area contributed by atoms with Gasteiger partial charge in [0.15, 0.2) is 0 Å². The lowest BCUT2D eigenvalue weighted by molar-refractivity contribution is -0.0533. The highest BCUT2D eigenvalue weighted by molar-refractivity contribution is 8.00. The molecule has 0 aliphatic heterocycles. The molecule has 0 bridgehead atoms. The molecule has 1 aromatic rings. The molecule has 96 valence electrons. The maximum Gasteiger partial charge on any atom is 0.446 e. The Morgan fingerprint density at radius 1 is 1.12 bits per heavy atom. The third-order valence-electron chi connectivity index (χ3n) is 1.41. The zero-order valence-corrected chi connectivity index (χ0v) is 8.51. The number of halogens is 7. The van der Waals surface area contributed by atoms with Gasteiger partial charge in [-0.2, -0.15) is 22.0 Å². The summed E-state index contributed by atoms with van der Waals surface area (Å²) in [4.78, 5) is -1.24. The lowest BCUT2D eigenvalue weighted by atomic mass is 10.3. The van der Waals surface area contributed by atoms with Gasteiger partial charge in [-0.3, -0.25) is 0 Å². The molecule has 0 N–H and O–H groups in total. The summed E-state index contributed by atoms with van der Waals surface area (Å²) >= 11 is -0.995. The van der Waals surface area contributed by atoms with Crippen molar-refractivity contribution in [1.82, 2.24) is 0 Å². The van der Waals surface area contributed by atoms with Gasteiger partial charge in [-0.1, -0.05) is 0 Å². The van der Waals surface area contributed by atoms with E-state index in [4.69, 9.17) is 0 Å². The van der Waals surface area contributed by atoms with E-state index in [0.717, 1.165) is 0 Å². The monoisotopic (exact) mass is 280 g/mol. The summed E-state index contributed by atoms with van der Waals surface area (Å²) in [5.41, 5.74) is -4.90. The van der Waals surface area contributed by atoms with Crippen LogP contribution in [0.25, 0.3) is 0 Å². The van der Waals surface area contributed by atoms with Crippen LogP contribution in [-0.2, 0) is 0 Å². The number of rotatable bonds is 3. The van der Waals surface area contributed by atoms with Crippen LogP contribution in [0, 0.1) is 11.6 Å². The minimum atomic E-state index is -4.90. The van der Waals surface area contributed by atoms with Gasteiger partial charge in [0.05, 0.1) is 4.90 Å². The largest absolute Gasteiger partial charge is 0.446 e. The van der Waals surface area contributed by atoms with Gasteiger partial charge in [0.2, 0.25) is 0 Å². The van der Waals surface area contributed by atoms with E-state index >= 15 is 0 Å². The van der Waals surface area contributed by atoms with Gasteiger partial charge in [-0.05, 0) is 11.8 Å². The molecular formula is C8H3F7OS. The van der Waals surface area contributed by atoms with E-state index in [1.165, 1.54) is 0 Å². The van der Waals surface area contributed by atoms with Gasteiger partial charge in [-0.25, -0.2) is 8.78 Å². The second kappa shape index (κ2) is 5.03. The van der Waals surface area contributed by atoms with Crippen molar-refractivity contribution in [2.75, 3.05) is 0 Å². The number of thioether (sulfide) groups is 1. The molecule has 0 fully saturated rings. The van der Waals surface area contributed by atoms with Gasteiger partial charge in [0, 0.05) is 12.1 Å². The van der Waals surface area contributed by atoms with Crippen LogP contribution >= 0.6 is 11.8 Å². The molecule has 1 aromatic carbocycles. The second-order valence-corrected chi connectivity index (χ2v) is 3.72. The second-order valence-electron chi connectivity index (χ2n) is 2.64. The Morgan fingerprint density at radius 3 is 2.18 bits per heavy atom. The quantitative estimate of drug-likeness (QED) is 0.607. The fourth-order valence-corrected chi connectivity index (χ4v) is 1.53. The zero-order valence-electron chi connectivity index (χ0n) is 7.69. The van der Waals surface area contributed by atoms with Crippen LogP contribution in [0.15, 0.2) is 17.0 Å². The van der Waals surface area contributed by atoms with Gasteiger partial charge in [0.25, 0.3) is 0 Å². The molecule has 9 heteroatoms. The fourth-order valence-electron chi connectivity index (χ4n) is 0.935. The third-order valence-corrected chi connectivity index (χ3v) is 2.24. The van der Waals surface area contributed by atoms with E-state index in [1.54, 1.807) is 0 Å². The molecule has 0 saturated carbocycles. The highest BCUT2D eigenvalue weighted by Crippen LogP contribution is 2.43. The van der Waals surface area contributed by atoms with Gasteiger partial charge in [-0.15, -0.1) is 0 Å². The van der Waals surface area contributed by atoms with Crippen molar-refractivity contribution in [3.05, 3.63) is 23.8 Å². The molecule has 0 unspecified atom stereocenters. The minimum absolute atomic E-state index is 0.145. The molecule has 17 heavy (non-hydrogen) atoms. The summed E-state index contributed by atoms with van der Waals surface area (Å²) in [6.45, 7) is -3.48. The number of benzene rings is 1. The first kappa shape index (κ1) is 13.9. The van der Waals surface area contributed by atoms with E-state index in [9.17, 15) is 30.7 Å². The summed E-state index contributed by atoms with van der Waals surface area (Å²) in [7, 11) is 0. The maximum absolute atomic E-state index is 13.0. The lowest BCUT2D eigenvalue weighted by Gasteiger charge is -2.12. The van der Waals surface area contributed by atoms with Crippen LogP contribution in [0.1, 0.15) is 0 Å². The third kappa shape index (κ3) is 4.33. The SMILES string of the molecule is Fc1cc(F)c(SC(F)(F)F)c(OC(F)F)c1. The number of alkyl halides is 5. The molecule has 1 nitrogen and oxygen atoms in total. The zero-order chi connectivity index (χ0) is 13.2.